The second-order valence-corrected chi connectivity index (χ2v) is 9.57. The predicted molar refractivity (Wildman–Crippen MR) is 139 cm³/mol. The molecule has 1 atom stereocenters. The molecule has 2 aliphatic heterocycles. The molecule has 1 saturated heterocycles. The second kappa shape index (κ2) is 11.8. The highest BCUT2D eigenvalue weighted by atomic mass is 79.9. The maximum absolute atomic E-state index is 12.9. The Labute approximate surface area is 222 Å². The summed E-state index contributed by atoms with van der Waals surface area (Å²) in [6.45, 7) is 0.867. The third kappa shape index (κ3) is 6.24. The van der Waals surface area contributed by atoms with Gasteiger partial charge in [-0.15, -0.1) is 0 Å². The molecule has 2 N–H and O–H groups in total. The molecule has 1 unspecified atom stereocenters. The van der Waals surface area contributed by atoms with Crippen LogP contribution in [0.2, 0.25) is 0 Å². The number of fused-ring (bicyclic) bond motifs is 1. The lowest BCUT2D eigenvalue weighted by atomic mass is 10.0. The third-order valence-electron chi connectivity index (χ3n) is 6.24. The molecule has 4 rings (SSSR count). The van der Waals surface area contributed by atoms with Gasteiger partial charge in [-0.3, -0.25) is 29.3 Å². The first-order chi connectivity index (χ1) is 17.9. The summed E-state index contributed by atoms with van der Waals surface area (Å²) in [4.78, 5) is 63.2. The van der Waals surface area contributed by atoms with E-state index in [-0.39, 0.29) is 43.7 Å². The van der Waals surface area contributed by atoms with E-state index in [1.54, 1.807) is 24.3 Å². The van der Waals surface area contributed by atoms with Gasteiger partial charge in [0.2, 0.25) is 24.1 Å². The van der Waals surface area contributed by atoms with Gasteiger partial charge in [-0.1, -0.05) is 33.8 Å². The normalized spacial score (nSPS) is 16.4. The first-order valence-corrected chi connectivity index (χ1v) is 12.7. The van der Waals surface area contributed by atoms with Crippen LogP contribution in [0.3, 0.4) is 0 Å². The van der Waals surface area contributed by atoms with E-state index in [4.69, 9.17) is 0 Å². The smallest absolute Gasteiger partial charge is 0.255 e. The molecule has 5 amide bonds. The van der Waals surface area contributed by atoms with E-state index in [1.807, 2.05) is 18.2 Å². The molecule has 0 aliphatic carbocycles. The van der Waals surface area contributed by atoms with Crippen molar-refractivity contribution in [2.45, 2.75) is 38.3 Å². The highest BCUT2D eigenvalue weighted by molar-refractivity contribution is 9.10. The number of piperidine rings is 1. The quantitative estimate of drug-likeness (QED) is 0.220. The summed E-state index contributed by atoms with van der Waals surface area (Å²) in [5, 5.41) is 5.10. The molecule has 0 bridgehead atoms. The number of amides is 5. The molecular weight excluding hydrogens is 540 g/mol. The van der Waals surface area contributed by atoms with Crippen LogP contribution in [0.1, 0.15) is 47.2 Å². The standard InChI is InChI=1S/C27H25BrN4O5/c28-19-7-9-20(10-8-19)31(17-33)15-13-24(34)29-14-2-1-4-18-5-3-6-21-22(18)16-32(27(21)37)23-11-12-25(35)30-26(23)36/h3,5-10,17,23H,2,11-16H2,(H,29,34)(H,30,35,36). The lowest BCUT2D eigenvalue weighted by molar-refractivity contribution is -0.137. The highest BCUT2D eigenvalue weighted by Crippen LogP contribution is 2.29. The molecule has 2 heterocycles. The van der Waals surface area contributed by atoms with E-state index < -0.39 is 11.9 Å². The van der Waals surface area contributed by atoms with E-state index in [9.17, 15) is 24.0 Å². The predicted octanol–water partition coefficient (Wildman–Crippen LogP) is 2.12. The van der Waals surface area contributed by atoms with E-state index in [0.717, 1.165) is 10.0 Å². The summed E-state index contributed by atoms with van der Waals surface area (Å²) in [6, 6.07) is 11.9. The number of hydrogen-bond acceptors (Lipinski definition) is 5. The molecule has 9 nitrogen and oxygen atoms in total. The van der Waals surface area contributed by atoms with Gasteiger partial charge in [0.25, 0.3) is 5.91 Å². The van der Waals surface area contributed by atoms with Crippen LogP contribution in [-0.2, 0) is 25.7 Å². The van der Waals surface area contributed by atoms with Gasteiger partial charge in [-0.2, -0.15) is 0 Å². The molecule has 1 fully saturated rings. The van der Waals surface area contributed by atoms with Crippen LogP contribution < -0.4 is 15.5 Å². The van der Waals surface area contributed by atoms with Crippen molar-refractivity contribution in [3.63, 3.8) is 0 Å². The first-order valence-electron chi connectivity index (χ1n) is 11.9. The zero-order chi connectivity index (χ0) is 26.4. The van der Waals surface area contributed by atoms with Crippen molar-refractivity contribution in [3.8, 4) is 11.8 Å². The summed E-state index contributed by atoms with van der Waals surface area (Å²) in [6.07, 6.45) is 1.77. The summed E-state index contributed by atoms with van der Waals surface area (Å²) >= 11 is 3.35. The fourth-order valence-electron chi connectivity index (χ4n) is 4.31. The topological polar surface area (TPSA) is 116 Å². The molecule has 37 heavy (non-hydrogen) atoms. The lowest BCUT2D eigenvalue weighted by Gasteiger charge is -2.29. The van der Waals surface area contributed by atoms with Crippen molar-refractivity contribution in [1.29, 1.82) is 0 Å². The molecule has 0 radical (unpaired) electrons. The Morgan fingerprint density at radius 3 is 2.70 bits per heavy atom. The molecule has 10 heteroatoms. The number of nitrogens with zero attached hydrogens (tertiary/aromatic N) is 2. The summed E-state index contributed by atoms with van der Waals surface area (Å²) in [7, 11) is 0. The van der Waals surface area contributed by atoms with Gasteiger partial charge >= 0.3 is 0 Å². The zero-order valence-corrected chi connectivity index (χ0v) is 21.5. The molecule has 190 valence electrons. The molecule has 2 aromatic rings. The Hall–Kier alpha value is -3.97. The fraction of sp³-hybridized carbons (Fsp3) is 0.296. The highest BCUT2D eigenvalue weighted by Gasteiger charge is 2.39. The molecule has 0 saturated carbocycles. The lowest BCUT2D eigenvalue weighted by Crippen LogP contribution is -2.52. The number of carbonyl (C=O) groups excluding carboxylic acids is 5. The van der Waals surface area contributed by atoms with Crippen LogP contribution in [0.25, 0.3) is 0 Å². The third-order valence-corrected chi connectivity index (χ3v) is 6.77. The average molecular weight is 565 g/mol. The Balaban J connectivity index is 1.28. The van der Waals surface area contributed by atoms with E-state index in [0.29, 0.717) is 42.6 Å². The van der Waals surface area contributed by atoms with E-state index in [1.165, 1.54) is 9.80 Å². The van der Waals surface area contributed by atoms with Crippen LogP contribution in [0.5, 0.6) is 0 Å². The van der Waals surface area contributed by atoms with Gasteiger partial charge in [0.05, 0.1) is 0 Å². The molecule has 2 aliphatic rings. The van der Waals surface area contributed by atoms with Crippen LogP contribution >= 0.6 is 15.9 Å². The van der Waals surface area contributed by atoms with Crippen LogP contribution in [-0.4, -0.2) is 54.1 Å². The Morgan fingerprint density at radius 2 is 1.97 bits per heavy atom. The number of carbonyl (C=O) groups is 5. The first kappa shape index (κ1) is 26.1. The number of rotatable bonds is 8. The minimum atomic E-state index is -0.674. The van der Waals surface area contributed by atoms with Crippen molar-refractivity contribution < 1.29 is 24.0 Å². The van der Waals surface area contributed by atoms with Crippen LogP contribution in [0, 0.1) is 11.8 Å². The SMILES string of the molecule is O=CN(CCC(=O)NCCC#Cc1cccc2c1CN(C1CCC(=O)NC1=O)C2=O)c1ccc(Br)cc1. The minimum Gasteiger partial charge on any atom is -0.355 e. The van der Waals surface area contributed by atoms with Gasteiger partial charge < -0.3 is 15.1 Å². The number of imide groups is 1. The average Bonchev–Trinajstić information content (AvgIpc) is 3.22. The molecule has 0 aromatic heterocycles. The van der Waals surface area contributed by atoms with Gasteiger partial charge in [0.1, 0.15) is 6.04 Å². The van der Waals surface area contributed by atoms with Crippen LogP contribution in [0.4, 0.5) is 5.69 Å². The van der Waals surface area contributed by atoms with Crippen molar-refractivity contribution in [1.82, 2.24) is 15.5 Å². The van der Waals surface area contributed by atoms with Gasteiger partial charge in [-0.05, 0) is 48.4 Å². The van der Waals surface area contributed by atoms with Crippen molar-refractivity contribution in [2.75, 3.05) is 18.0 Å². The number of hydrogen-bond donors (Lipinski definition) is 2. The number of benzene rings is 2. The maximum Gasteiger partial charge on any atom is 0.255 e. The largest absolute Gasteiger partial charge is 0.355 e. The number of halogens is 1. The Morgan fingerprint density at radius 1 is 1.19 bits per heavy atom. The van der Waals surface area contributed by atoms with Crippen molar-refractivity contribution >= 4 is 51.7 Å². The number of anilines is 1. The molecular formula is C27H25BrN4O5. The van der Waals surface area contributed by atoms with E-state index >= 15 is 0 Å². The zero-order valence-electron chi connectivity index (χ0n) is 20.0. The van der Waals surface area contributed by atoms with E-state index in [2.05, 4.69) is 38.4 Å². The summed E-state index contributed by atoms with van der Waals surface area (Å²) < 4.78 is 0.902. The minimum absolute atomic E-state index is 0.159. The van der Waals surface area contributed by atoms with Crippen LogP contribution in [0.15, 0.2) is 46.9 Å². The Kier molecular flexibility index (Phi) is 8.36. The van der Waals surface area contributed by atoms with Gasteiger partial charge in [0.15, 0.2) is 0 Å². The van der Waals surface area contributed by atoms with Crippen molar-refractivity contribution in [3.05, 3.63) is 63.6 Å². The molecule has 2 aromatic carbocycles. The van der Waals surface area contributed by atoms with Gasteiger partial charge in [-0.25, -0.2) is 0 Å². The second-order valence-electron chi connectivity index (χ2n) is 8.66. The van der Waals surface area contributed by atoms with Gasteiger partial charge in [0, 0.05) is 60.2 Å². The monoisotopic (exact) mass is 564 g/mol. The number of nitrogens with one attached hydrogen (secondary N) is 2. The van der Waals surface area contributed by atoms with Crippen molar-refractivity contribution in [2.24, 2.45) is 0 Å². The molecule has 0 spiro atoms. The summed E-state index contributed by atoms with van der Waals surface area (Å²) in [5.41, 5.74) is 2.68. The summed E-state index contributed by atoms with van der Waals surface area (Å²) in [5.74, 6) is 4.90. The maximum atomic E-state index is 12.9. The fourth-order valence-corrected chi connectivity index (χ4v) is 4.57. The Bertz CT molecular complexity index is 1300.